The van der Waals surface area contributed by atoms with E-state index in [-0.39, 0.29) is 17.4 Å². The molecule has 0 amide bonds. The van der Waals surface area contributed by atoms with Crippen LogP contribution in [0.25, 0.3) is 89.3 Å². The van der Waals surface area contributed by atoms with Crippen molar-refractivity contribution in [3.8, 4) is 50.6 Å². The number of pyridine rings is 1. The predicted octanol–water partition coefficient (Wildman–Crippen LogP) is 15.4. The lowest BCUT2D eigenvalue weighted by Crippen LogP contribution is -2.54. The zero-order valence-corrected chi connectivity index (χ0v) is 42.3. The van der Waals surface area contributed by atoms with E-state index in [0.717, 1.165) is 75.0 Å². The van der Waals surface area contributed by atoms with Gasteiger partial charge >= 0.3 is 5.82 Å². The molecule has 0 radical (unpaired) electrons. The summed E-state index contributed by atoms with van der Waals surface area (Å²) in [6.45, 7) is 24.3. The molecule has 2 aliphatic rings. The molecular formula is C64H61N3OSi+2. The number of furan rings is 1. The zero-order chi connectivity index (χ0) is 47.5. The SMILES string of the molecule is C=C1CC2C(CCc3ccc4c(oc5ccccc54)c3-c3n(-c4c(-c5ccccc5)cc(C(C)(C)C)cc4-c4ccccc4)c4ccccc4[n+]31)c1cc(C)ccc1-c1cc(C)c([Si](C)(C)C)c[n+]12. The Kier molecular flexibility index (Phi) is 10.0. The molecule has 7 aromatic carbocycles. The number of aryl methyl sites for hydroxylation is 3. The fraction of sp³-hybridized carbons (Fsp3) is 0.219. The molecule has 0 saturated heterocycles. The van der Waals surface area contributed by atoms with Crippen molar-refractivity contribution in [1.29, 1.82) is 0 Å². The van der Waals surface area contributed by atoms with Crippen molar-refractivity contribution in [1.82, 2.24) is 4.57 Å². The van der Waals surface area contributed by atoms with E-state index in [1.54, 1.807) is 0 Å². The molecular weight excluding hydrogens is 855 g/mol. The first-order valence-corrected chi connectivity index (χ1v) is 28.4. The van der Waals surface area contributed by atoms with Crippen molar-refractivity contribution in [2.45, 2.75) is 90.9 Å². The second-order valence-electron chi connectivity index (χ2n) is 21.9. The van der Waals surface area contributed by atoms with Gasteiger partial charge in [-0.3, -0.25) is 0 Å². The normalized spacial score (nSPS) is 16.0. The minimum absolute atomic E-state index is 0.110. The maximum atomic E-state index is 7.22. The average molecular weight is 916 g/mol. The summed E-state index contributed by atoms with van der Waals surface area (Å²) in [5, 5.41) is 3.77. The quantitative estimate of drug-likeness (QED) is 0.128. The van der Waals surface area contributed by atoms with Gasteiger partial charge in [-0.1, -0.05) is 168 Å². The summed E-state index contributed by atoms with van der Waals surface area (Å²) in [7, 11) is -1.71. The molecule has 3 aromatic heterocycles. The molecule has 340 valence electrons. The molecule has 2 atom stereocenters. The van der Waals surface area contributed by atoms with E-state index in [1.165, 1.54) is 66.5 Å². The Morgan fingerprint density at radius 1 is 0.696 bits per heavy atom. The maximum Gasteiger partial charge on any atom is 0.304 e. The Morgan fingerprint density at radius 3 is 2.06 bits per heavy atom. The molecule has 10 aromatic rings. The van der Waals surface area contributed by atoms with Crippen LogP contribution in [-0.2, 0) is 11.8 Å². The van der Waals surface area contributed by atoms with Crippen molar-refractivity contribution in [3.05, 3.63) is 198 Å². The van der Waals surface area contributed by atoms with Crippen LogP contribution in [0.4, 0.5) is 0 Å². The van der Waals surface area contributed by atoms with Gasteiger partial charge in [-0.2, -0.15) is 13.7 Å². The molecule has 4 nitrogen and oxygen atoms in total. The van der Waals surface area contributed by atoms with Crippen LogP contribution >= 0.6 is 0 Å². The fourth-order valence-electron chi connectivity index (χ4n) is 12.0. The average Bonchev–Trinajstić information content (AvgIpc) is 3.89. The van der Waals surface area contributed by atoms with Gasteiger partial charge in [-0.15, -0.1) is 0 Å². The van der Waals surface area contributed by atoms with Crippen LogP contribution in [0.5, 0.6) is 0 Å². The number of benzene rings is 7. The molecule has 12 rings (SSSR count). The molecule has 5 heterocycles. The third-order valence-electron chi connectivity index (χ3n) is 15.3. The van der Waals surface area contributed by atoms with Gasteiger partial charge < -0.3 is 4.42 Å². The number of para-hydroxylation sites is 3. The van der Waals surface area contributed by atoms with E-state index in [0.29, 0.717) is 0 Å². The molecule has 0 spiro atoms. The Morgan fingerprint density at radius 2 is 1.36 bits per heavy atom. The standard InChI is InChI=1S/C64H61N3OSi/c1-40-28-31-47-53(34-40)48-32-29-45-30-33-50-49-24-16-19-27-58(49)68-62(50)60(45)63-66(42(3)36-57(48)65-39-59(69(7,8)9)41(2)35-56(47)65)54-25-17-18-26-55(54)67(63)61-51(43-20-12-10-13-21-43)37-46(64(4,5)6)38-52(61)44-22-14-11-15-23-44/h10-28,30-31,33-35,37-39,48,57H,3,29,32,36H2,1-2,4-9H3/q+2. The highest BCUT2D eigenvalue weighted by Gasteiger charge is 2.45. The van der Waals surface area contributed by atoms with Gasteiger partial charge in [0.25, 0.3) is 0 Å². The van der Waals surface area contributed by atoms with Gasteiger partial charge in [0, 0.05) is 44.6 Å². The summed E-state index contributed by atoms with van der Waals surface area (Å²) in [6, 6.07) is 59.1. The van der Waals surface area contributed by atoms with Crippen molar-refractivity contribution >= 4 is 51.9 Å². The zero-order valence-electron chi connectivity index (χ0n) is 41.3. The van der Waals surface area contributed by atoms with Crippen LogP contribution in [0, 0.1) is 13.8 Å². The summed E-state index contributed by atoms with van der Waals surface area (Å²) >= 11 is 0. The number of fused-ring (bicyclic) bond motifs is 15. The first kappa shape index (κ1) is 43.2. The molecule has 5 heteroatoms. The lowest BCUT2D eigenvalue weighted by atomic mass is 9.77. The van der Waals surface area contributed by atoms with Gasteiger partial charge in [-0.25, -0.2) is 0 Å². The number of rotatable bonds is 4. The summed E-state index contributed by atoms with van der Waals surface area (Å²) in [5.41, 5.74) is 21.4. The first-order chi connectivity index (χ1) is 33.2. The summed E-state index contributed by atoms with van der Waals surface area (Å²) < 4.78 is 15.0. The fourth-order valence-corrected chi connectivity index (χ4v) is 13.8. The largest absolute Gasteiger partial charge is 0.455 e. The van der Waals surface area contributed by atoms with E-state index >= 15 is 0 Å². The van der Waals surface area contributed by atoms with Crippen molar-refractivity contribution in [2.24, 2.45) is 0 Å². The highest BCUT2D eigenvalue weighted by molar-refractivity contribution is 6.88. The first-order valence-electron chi connectivity index (χ1n) is 24.9. The van der Waals surface area contributed by atoms with E-state index in [9.17, 15) is 0 Å². The predicted molar refractivity (Wildman–Crippen MR) is 290 cm³/mol. The van der Waals surface area contributed by atoms with Crippen LogP contribution in [0.1, 0.15) is 73.4 Å². The lowest BCUT2D eigenvalue weighted by Gasteiger charge is -2.33. The van der Waals surface area contributed by atoms with Crippen molar-refractivity contribution in [3.63, 3.8) is 0 Å². The Bertz CT molecular complexity index is 3650. The molecule has 2 unspecified atom stereocenters. The molecule has 2 aliphatic heterocycles. The summed E-state index contributed by atoms with van der Waals surface area (Å²) in [5.74, 6) is 1.32. The van der Waals surface area contributed by atoms with Crippen LogP contribution < -0.4 is 14.3 Å². The van der Waals surface area contributed by atoms with Gasteiger partial charge in [0.2, 0.25) is 5.69 Å². The number of allylic oxidation sites excluding steroid dienone is 1. The smallest absolute Gasteiger partial charge is 0.304 e. The number of nitrogens with zero attached hydrogens (tertiary/aromatic N) is 3. The molecule has 69 heavy (non-hydrogen) atoms. The second-order valence-corrected chi connectivity index (χ2v) is 27.0. The highest BCUT2D eigenvalue weighted by Crippen LogP contribution is 2.49. The van der Waals surface area contributed by atoms with E-state index in [4.69, 9.17) is 11.0 Å². The van der Waals surface area contributed by atoms with Gasteiger partial charge in [0.15, 0.2) is 28.9 Å². The third-order valence-corrected chi connectivity index (χ3v) is 17.5. The van der Waals surface area contributed by atoms with Crippen molar-refractivity contribution in [2.75, 3.05) is 0 Å². The number of imidazole rings is 1. The van der Waals surface area contributed by atoms with Gasteiger partial charge in [0.1, 0.15) is 22.5 Å². The molecule has 0 saturated carbocycles. The van der Waals surface area contributed by atoms with E-state index in [1.807, 2.05) is 0 Å². The molecule has 0 aliphatic carbocycles. The van der Waals surface area contributed by atoms with E-state index < -0.39 is 8.07 Å². The number of aromatic nitrogens is 3. The Balaban J connectivity index is 1.24. The third kappa shape index (κ3) is 6.99. The van der Waals surface area contributed by atoms with Gasteiger partial charge in [-0.05, 0) is 102 Å². The summed E-state index contributed by atoms with van der Waals surface area (Å²) in [4.78, 5) is 0. The van der Waals surface area contributed by atoms with Crippen molar-refractivity contribution < 1.29 is 13.6 Å². The molecule has 0 N–H and O–H groups in total. The second kappa shape index (κ2) is 16.0. The Labute approximate surface area is 407 Å². The maximum absolute atomic E-state index is 7.22. The van der Waals surface area contributed by atoms with Crippen LogP contribution in [0.3, 0.4) is 0 Å². The van der Waals surface area contributed by atoms with Crippen LogP contribution in [0.15, 0.2) is 175 Å². The minimum Gasteiger partial charge on any atom is -0.455 e. The molecule has 0 fully saturated rings. The number of hydrogen-bond acceptors (Lipinski definition) is 1. The van der Waals surface area contributed by atoms with Gasteiger partial charge in [0.05, 0.1) is 14.5 Å². The lowest BCUT2D eigenvalue weighted by molar-refractivity contribution is -0.719. The highest BCUT2D eigenvalue weighted by atomic mass is 28.3. The van der Waals surface area contributed by atoms with Crippen LogP contribution in [-0.4, -0.2) is 12.6 Å². The molecule has 0 bridgehead atoms. The van der Waals surface area contributed by atoms with E-state index in [2.05, 4.69) is 232 Å². The monoisotopic (exact) mass is 915 g/mol. The minimum atomic E-state index is -1.71. The topological polar surface area (TPSA) is 25.8 Å². The Hall–Kier alpha value is -7.08. The summed E-state index contributed by atoms with van der Waals surface area (Å²) in [6.07, 6.45) is 5.17. The number of hydrogen-bond donors (Lipinski definition) is 0. The van der Waals surface area contributed by atoms with Crippen LogP contribution in [0.2, 0.25) is 19.6 Å².